The summed E-state index contributed by atoms with van der Waals surface area (Å²) >= 11 is 0. The predicted octanol–water partition coefficient (Wildman–Crippen LogP) is -0.245. The summed E-state index contributed by atoms with van der Waals surface area (Å²) in [6.45, 7) is 0.711. The van der Waals surface area contributed by atoms with Crippen molar-refractivity contribution in [1.29, 1.82) is 0 Å². The average Bonchev–Trinajstić information content (AvgIpc) is 2.34. The van der Waals surface area contributed by atoms with Crippen molar-refractivity contribution in [3.05, 3.63) is 27.2 Å². The minimum absolute atomic E-state index is 0.219. The van der Waals surface area contributed by atoms with Crippen molar-refractivity contribution in [2.45, 2.75) is 19.8 Å². The highest BCUT2D eigenvalue weighted by molar-refractivity contribution is 5.95. The number of carbonyl (C=O) groups is 1. The number of amides is 1. The van der Waals surface area contributed by atoms with Gasteiger partial charge in [-0.05, 0) is 19.4 Å². The smallest absolute Gasteiger partial charge is 0.287 e. The van der Waals surface area contributed by atoms with Gasteiger partial charge in [-0.15, -0.1) is 0 Å². The molecule has 0 bridgehead atoms. The van der Waals surface area contributed by atoms with Crippen LogP contribution in [0.25, 0.3) is 0 Å². The van der Waals surface area contributed by atoms with E-state index in [-0.39, 0.29) is 5.56 Å². The minimum atomic E-state index is -3.42. The summed E-state index contributed by atoms with van der Waals surface area (Å²) in [7, 11) is 1.37. The molecule has 2 N–H and O–H groups in total. The van der Waals surface area contributed by atoms with Gasteiger partial charge >= 0.3 is 0 Å². The lowest BCUT2D eigenvalue weighted by molar-refractivity contribution is -0.0462. The van der Waals surface area contributed by atoms with Crippen LogP contribution in [-0.2, 0) is 7.05 Å². The highest BCUT2D eigenvalue weighted by atomic mass is 19.3. The molecule has 0 saturated heterocycles. The Morgan fingerprint density at radius 2 is 2.05 bits per heavy atom. The molecule has 1 heterocycles. The number of nitrogens with zero attached hydrogens (tertiary/aromatic N) is 2. The highest BCUT2D eigenvalue weighted by Gasteiger charge is 2.29. The van der Waals surface area contributed by atoms with Gasteiger partial charge in [0, 0.05) is 7.05 Å². The summed E-state index contributed by atoms with van der Waals surface area (Å²) < 4.78 is 26.6. The van der Waals surface area contributed by atoms with Crippen LogP contribution in [-0.4, -0.2) is 39.9 Å². The maximum Gasteiger partial charge on any atom is 0.287 e. The van der Waals surface area contributed by atoms with Gasteiger partial charge in [-0.3, -0.25) is 9.59 Å². The molecule has 106 valence electrons. The van der Waals surface area contributed by atoms with Gasteiger partial charge in [-0.1, -0.05) is 0 Å². The van der Waals surface area contributed by atoms with Crippen molar-refractivity contribution in [2.24, 2.45) is 7.05 Å². The molecule has 0 aliphatic rings. The summed E-state index contributed by atoms with van der Waals surface area (Å²) in [5, 5.41) is 14.2. The third kappa shape index (κ3) is 3.34. The predicted molar refractivity (Wildman–Crippen MR) is 63.3 cm³/mol. The van der Waals surface area contributed by atoms with Crippen molar-refractivity contribution in [3.8, 4) is 0 Å². The topological polar surface area (TPSA) is 84.2 Å². The van der Waals surface area contributed by atoms with E-state index in [2.05, 4.69) is 5.10 Å². The number of hydrogen-bond donors (Lipinski definition) is 2. The second-order valence-corrected chi connectivity index (χ2v) is 4.21. The number of halogens is 2. The van der Waals surface area contributed by atoms with Gasteiger partial charge in [0.05, 0.1) is 12.2 Å². The van der Waals surface area contributed by atoms with Crippen molar-refractivity contribution in [2.75, 3.05) is 13.2 Å². The van der Waals surface area contributed by atoms with Crippen LogP contribution in [0.4, 0.5) is 8.78 Å². The van der Waals surface area contributed by atoms with E-state index >= 15 is 0 Å². The number of aryl methyl sites for hydroxylation is 2. The fourth-order valence-electron chi connectivity index (χ4n) is 1.47. The van der Waals surface area contributed by atoms with Crippen molar-refractivity contribution >= 4 is 5.91 Å². The van der Waals surface area contributed by atoms with Crippen molar-refractivity contribution in [1.82, 2.24) is 15.1 Å². The molecule has 8 heteroatoms. The van der Waals surface area contributed by atoms with Crippen LogP contribution in [0, 0.1) is 13.8 Å². The second kappa shape index (κ2) is 5.43. The largest absolute Gasteiger partial charge is 0.390 e. The molecule has 6 nitrogen and oxygen atoms in total. The molecule has 1 aromatic heterocycles. The Kier molecular flexibility index (Phi) is 4.35. The molecule has 0 spiro atoms. The van der Waals surface area contributed by atoms with Crippen LogP contribution in [0.2, 0.25) is 0 Å². The third-order valence-corrected chi connectivity index (χ3v) is 2.69. The minimum Gasteiger partial charge on any atom is -0.390 e. The molecule has 0 unspecified atom stereocenters. The Hall–Kier alpha value is -1.83. The van der Waals surface area contributed by atoms with Crippen LogP contribution in [0.15, 0.2) is 4.79 Å². The number of aliphatic hydroxyl groups excluding tert-OH is 1. The maximum absolute atomic E-state index is 12.8. The monoisotopic (exact) mass is 275 g/mol. The fraction of sp³-hybridized carbons (Fsp3) is 0.545. The Balaban J connectivity index is 3.05. The quantitative estimate of drug-likeness (QED) is 0.794. The van der Waals surface area contributed by atoms with Gasteiger partial charge in [0.15, 0.2) is 0 Å². The standard InChI is InChI=1S/C11H15F2N3O3/c1-6-7(2)15-16(3)10(19)8(6)9(18)14-4-11(12,13)5-17/h17H,4-5H2,1-3H3,(H,14,18). The summed E-state index contributed by atoms with van der Waals surface area (Å²) in [5.74, 6) is -4.33. The van der Waals surface area contributed by atoms with Crippen LogP contribution < -0.4 is 10.9 Å². The fourth-order valence-corrected chi connectivity index (χ4v) is 1.47. The van der Waals surface area contributed by atoms with Crippen LogP contribution >= 0.6 is 0 Å². The Bertz CT molecular complexity index is 555. The van der Waals surface area contributed by atoms with Crippen LogP contribution in [0.3, 0.4) is 0 Å². The second-order valence-electron chi connectivity index (χ2n) is 4.21. The summed E-state index contributed by atoms with van der Waals surface area (Å²) in [5.41, 5.74) is -0.0780. The third-order valence-electron chi connectivity index (χ3n) is 2.69. The first-order valence-corrected chi connectivity index (χ1v) is 5.51. The van der Waals surface area contributed by atoms with E-state index in [4.69, 9.17) is 5.11 Å². The lowest BCUT2D eigenvalue weighted by Crippen LogP contribution is -2.42. The summed E-state index contributed by atoms with van der Waals surface area (Å²) in [6.07, 6.45) is 0. The van der Waals surface area contributed by atoms with E-state index in [1.165, 1.54) is 14.0 Å². The van der Waals surface area contributed by atoms with E-state index in [1.807, 2.05) is 5.32 Å². The molecule has 19 heavy (non-hydrogen) atoms. The van der Waals surface area contributed by atoms with Crippen LogP contribution in [0.5, 0.6) is 0 Å². The zero-order valence-electron chi connectivity index (χ0n) is 10.8. The normalized spacial score (nSPS) is 11.5. The molecule has 1 rings (SSSR count). The number of hydrogen-bond acceptors (Lipinski definition) is 4. The molecule has 1 amide bonds. The first-order valence-electron chi connectivity index (χ1n) is 5.51. The van der Waals surface area contributed by atoms with E-state index in [1.54, 1.807) is 6.92 Å². The van der Waals surface area contributed by atoms with E-state index in [9.17, 15) is 18.4 Å². The SMILES string of the molecule is Cc1nn(C)c(=O)c(C(=O)NCC(F)(F)CO)c1C. The van der Waals surface area contributed by atoms with E-state index in [0.717, 1.165) is 4.68 Å². The van der Waals surface area contributed by atoms with E-state index < -0.39 is 30.5 Å². The zero-order chi connectivity index (χ0) is 14.8. The van der Waals surface area contributed by atoms with Crippen molar-refractivity contribution in [3.63, 3.8) is 0 Å². The summed E-state index contributed by atoms with van der Waals surface area (Å²) in [6, 6.07) is 0. The molecular weight excluding hydrogens is 260 g/mol. The van der Waals surface area contributed by atoms with Crippen molar-refractivity contribution < 1.29 is 18.7 Å². The Labute approximate surface area is 108 Å². The van der Waals surface area contributed by atoms with Crippen LogP contribution in [0.1, 0.15) is 21.6 Å². The molecule has 0 fully saturated rings. The van der Waals surface area contributed by atoms with Gasteiger partial charge in [0.2, 0.25) is 0 Å². The number of aliphatic hydroxyl groups is 1. The molecule has 0 radical (unpaired) electrons. The highest BCUT2D eigenvalue weighted by Crippen LogP contribution is 2.11. The average molecular weight is 275 g/mol. The van der Waals surface area contributed by atoms with E-state index in [0.29, 0.717) is 11.3 Å². The number of rotatable bonds is 4. The first-order chi connectivity index (χ1) is 8.69. The maximum atomic E-state index is 12.8. The molecule has 0 aliphatic heterocycles. The number of nitrogens with one attached hydrogen (secondary N) is 1. The Morgan fingerprint density at radius 1 is 1.47 bits per heavy atom. The lowest BCUT2D eigenvalue weighted by Gasteiger charge is -2.15. The van der Waals surface area contributed by atoms with Gasteiger partial charge in [-0.25, -0.2) is 13.5 Å². The number of carbonyl (C=O) groups excluding carboxylic acids is 1. The van der Waals surface area contributed by atoms with Gasteiger partial charge < -0.3 is 10.4 Å². The molecule has 0 saturated carbocycles. The zero-order valence-corrected chi connectivity index (χ0v) is 10.8. The first kappa shape index (κ1) is 15.2. The number of alkyl halides is 2. The molecule has 0 atom stereocenters. The molecule has 1 aromatic rings. The Morgan fingerprint density at radius 3 is 2.58 bits per heavy atom. The van der Waals surface area contributed by atoms with Gasteiger partial charge in [-0.2, -0.15) is 5.10 Å². The number of aromatic nitrogens is 2. The summed E-state index contributed by atoms with van der Waals surface area (Å²) in [4.78, 5) is 23.6. The molecule has 0 aromatic carbocycles. The lowest BCUT2D eigenvalue weighted by atomic mass is 10.1. The van der Waals surface area contributed by atoms with Gasteiger partial charge in [0.1, 0.15) is 12.2 Å². The molecular formula is C11H15F2N3O3. The van der Waals surface area contributed by atoms with Gasteiger partial charge in [0.25, 0.3) is 17.4 Å². The molecule has 0 aliphatic carbocycles.